The van der Waals surface area contributed by atoms with E-state index in [1.807, 2.05) is 54.7 Å². The smallest absolute Gasteiger partial charge is 0.206 e. The molecule has 5 rings (SSSR count). The van der Waals surface area contributed by atoms with Crippen LogP contribution in [0.1, 0.15) is 0 Å². The van der Waals surface area contributed by atoms with E-state index in [1.54, 1.807) is 14.2 Å². The van der Waals surface area contributed by atoms with Gasteiger partial charge >= 0.3 is 0 Å². The number of hydrogen-bond donors (Lipinski definition) is 0. The number of rotatable bonds is 2. The topological polar surface area (TPSA) is 71.3 Å². The molecule has 5 aromatic rings. The second kappa shape index (κ2) is 6.58. The van der Waals surface area contributed by atoms with Gasteiger partial charge in [0.25, 0.3) is 0 Å². The van der Waals surface area contributed by atoms with Crippen molar-refractivity contribution in [3.63, 3.8) is 0 Å². The van der Waals surface area contributed by atoms with Crippen LogP contribution in [-0.2, 0) is 0 Å². The molecule has 0 bridgehead atoms. The Balaban J connectivity index is 2.08. The Morgan fingerprint density at radius 2 is 1.23 bits per heavy atom. The summed E-state index contributed by atoms with van der Waals surface area (Å²) >= 11 is 0. The second-order valence-electron chi connectivity index (χ2n) is 6.88. The van der Waals surface area contributed by atoms with Crippen LogP contribution < -0.4 is 20.2 Å². The summed E-state index contributed by atoms with van der Waals surface area (Å²) in [5.41, 5.74) is 0. The molecule has 0 heterocycles. The number of benzene rings is 3. The number of ether oxygens (including phenoxy) is 2. The van der Waals surface area contributed by atoms with Crippen LogP contribution in [-0.4, -0.2) is 14.2 Å². The summed E-state index contributed by atoms with van der Waals surface area (Å²) in [5, 5.41) is 21.9. The minimum atomic E-state index is 0.632. The van der Waals surface area contributed by atoms with Gasteiger partial charge in [-0.3, -0.25) is 0 Å². The minimum absolute atomic E-state index is 0.632. The zero-order chi connectivity index (χ0) is 20.8. The first-order valence-electron chi connectivity index (χ1n) is 9.17. The molecule has 0 atom stereocenters. The summed E-state index contributed by atoms with van der Waals surface area (Å²) in [6, 6.07) is 15.5. The second-order valence-corrected chi connectivity index (χ2v) is 6.88. The van der Waals surface area contributed by atoms with Gasteiger partial charge in [-0.15, -0.1) is 4.95 Å². The van der Waals surface area contributed by atoms with Gasteiger partial charge in [-0.1, -0.05) is 0 Å². The molecule has 0 saturated carbocycles. The average Bonchev–Trinajstić information content (AvgIpc) is 3.25. The van der Waals surface area contributed by atoms with Gasteiger partial charge in [0, 0.05) is 21.5 Å². The van der Waals surface area contributed by atoms with Crippen molar-refractivity contribution >= 4 is 43.1 Å². The van der Waals surface area contributed by atoms with Crippen LogP contribution in [0.5, 0.6) is 11.5 Å². The molecule has 5 aromatic carbocycles. The van der Waals surface area contributed by atoms with Gasteiger partial charge in [-0.25, -0.2) is 0 Å². The predicted octanol–water partition coefficient (Wildman–Crippen LogP) is 4.31. The zero-order valence-corrected chi connectivity index (χ0v) is 16.2. The third kappa shape index (κ3) is 2.35. The van der Waals surface area contributed by atoms with Gasteiger partial charge in [0.05, 0.1) is 24.7 Å². The Morgan fingerprint density at radius 3 is 1.73 bits per heavy atom. The molecule has 0 saturated heterocycles. The minimum Gasteiger partial charge on any atom is -0.497 e. The molecule has 0 amide bonds. The van der Waals surface area contributed by atoms with E-state index in [-0.39, 0.29) is 0 Å². The SMILES string of the molecule is [C-]#[N+]/N=c1\c2ccc(OC)cc2c2cc3/c(=N/C#N)c4ccc(OC)cc4c3cc12. The van der Waals surface area contributed by atoms with E-state index in [0.29, 0.717) is 10.7 Å². The number of nitriles is 1. The van der Waals surface area contributed by atoms with Crippen molar-refractivity contribution < 1.29 is 9.47 Å². The summed E-state index contributed by atoms with van der Waals surface area (Å²) in [5.74, 6) is 1.45. The normalized spacial score (nSPS) is 12.7. The van der Waals surface area contributed by atoms with E-state index in [0.717, 1.165) is 54.6 Å². The van der Waals surface area contributed by atoms with E-state index in [9.17, 15) is 5.26 Å². The lowest BCUT2D eigenvalue weighted by Gasteiger charge is -2.00. The molecule has 30 heavy (non-hydrogen) atoms. The first-order valence-corrected chi connectivity index (χ1v) is 9.17. The van der Waals surface area contributed by atoms with Crippen LogP contribution in [0.15, 0.2) is 58.6 Å². The first kappa shape index (κ1) is 17.7. The number of nitrogens with zero attached hydrogens (tertiary/aromatic N) is 4. The number of methoxy groups -OCH3 is 2. The lowest BCUT2D eigenvalue weighted by Crippen LogP contribution is -1.98. The highest BCUT2D eigenvalue weighted by molar-refractivity contribution is 6.21. The van der Waals surface area contributed by atoms with Gasteiger partial charge in [-0.2, -0.15) is 16.8 Å². The van der Waals surface area contributed by atoms with E-state index in [2.05, 4.69) is 15.0 Å². The molecule has 0 aromatic heterocycles. The van der Waals surface area contributed by atoms with Gasteiger partial charge in [0.2, 0.25) is 6.19 Å². The van der Waals surface area contributed by atoms with E-state index < -0.39 is 0 Å². The largest absolute Gasteiger partial charge is 0.497 e. The van der Waals surface area contributed by atoms with Crippen LogP contribution in [0.3, 0.4) is 0 Å². The average molecular weight is 390 g/mol. The van der Waals surface area contributed by atoms with Crippen molar-refractivity contribution in [3.8, 4) is 17.7 Å². The molecule has 0 aliphatic rings. The molecule has 0 N–H and O–H groups in total. The van der Waals surface area contributed by atoms with Crippen LogP contribution in [0, 0.1) is 18.0 Å². The summed E-state index contributed by atoms with van der Waals surface area (Å²) in [7, 11) is 3.24. The molecule has 0 aliphatic heterocycles. The van der Waals surface area contributed by atoms with Gasteiger partial charge < -0.3 is 9.47 Å². The maximum absolute atomic E-state index is 9.28. The highest BCUT2D eigenvalue weighted by Crippen LogP contribution is 2.34. The van der Waals surface area contributed by atoms with Crippen LogP contribution in [0.4, 0.5) is 0 Å². The molecule has 0 radical (unpaired) electrons. The molecule has 142 valence electrons. The molecule has 0 spiro atoms. The zero-order valence-electron chi connectivity index (χ0n) is 16.2. The van der Waals surface area contributed by atoms with Crippen LogP contribution in [0.2, 0.25) is 0 Å². The van der Waals surface area contributed by atoms with Crippen molar-refractivity contribution in [1.29, 1.82) is 5.26 Å². The Morgan fingerprint density at radius 1 is 0.733 bits per heavy atom. The fourth-order valence-electron chi connectivity index (χ4n) is 4.21. The van der Waals surface area contributed by atoms with Gasteiger partial charge in [0.1, 0.15) is 11.5 Å². The van der Waals surface area contributed by atoms with Crippen molar-refractivity contribution in [2.75, 3.05) is 14.2 Å². The molecular weight excluding hydrogens is 376 g/mol. The standard InChI is InChI=1S/C24H14N4O2/c1-26-28-24-16-7-5-14(30-3)9-18(16)20-10-21-19(11-22(20)24)17-8-13(29-2)4-6-15(17)23(21)27-12-25/h4-11H,2-3H3/b27-23+,28-24+. The molecule has 6 heteroatoms. The summed E-state index contributed by atoms with van der Waals surface area (Å²) < 4.78 is 10.8. The van der Waals surface area contributed by atoms with E-state index in [1.165, 1.54) is 0 Å². The molecule has 0 aliphatic carbocycles. The monoisotopic (exact) mass is 390 g/mol. The quantitative estimate of drug-likeness (QED) is 0.256. The maximum Gasteiger partial charge on any atom is 0.206 e. The fraction of sp³-hybridized carbons (Fsp3) is 0.0833. The van der Waals surface area contributed by atoms with E-state index in [4.69, 9.17) is 16.0 Å². The van der Waals surface area contributed by atoms with Crippen LogP contribution in [0.25, 0.3) is 48.0 Å². The number of fused-ring (bicyclic) bond motifs is 6. The maximum atomic E-state index is 9.28. The Kier molecular flexibility index (Phi) is 3.87. The molecular formula is C24H14N4O2. The summed E-state index contributed by atoms with van der Waals surface area (Å²) in [4.78, 5) is 7.40. The summed E-state index contributed by atoms with van der Waals surface area (Å²) in [6.07, 6.45) is 1.93. The van der Waals surface area contributed by atoms with Gasteiger partial charge in [0.15, 0.2) is 5.36 Å². The Hall–Kier alpha value is -4.42. The van der Waals surface area contributed by atoms with Crippen molar-refractivity contribution in [1.82, 2.24) is 0 Å². The highest BCUT2D eigenvalue weighted by atomic mass is 16.5. The third-order valence-corrected chi connectivity index (χ3v) is 5.52. The Labute approximate surface area is 171 Å². The van der Waals surface area contributed by atoms with E-state index >= 15 is 0 Å². The molecule has 0 fully saturated rings. The predicted molar refractivity (Wildman–Crippen MR) is 115 cm³/mol. The summed E-state index contributed by atoms with van der Waals surface area (Å²) in [6.45, 7) is 7.28. The number of hydrogen-bond acceptors (Lipinski definition) is 5. The van der Waals surface area contributed by atoms with Crippen molar-refractivity contribution in [2.45, 2.75) is 0 Å². The van der Waals surface area contributed by atoms with Crippen LogP contribution >= 0.6 is 0 Å². The highest BCUT2D eigenvalue weighted by Gasteiger charge is 2.17. The van der Waals surface area contributed by atoms with Crippen molar-refractivity contribution in [3.05, 3.63) is 70.8 Å². The molecule has 6 nitrogen and oxygen atoms in total. The Bertz CT molecular complexity index is 1560. The fourth-order valence-corrected chi connectivity index (χ4v) is 4.21. The lowest BCUT2D eigenvalue weighted by atomic mass is 10.1. The lowest BCUT2D eigenvalue weighted by molar-refractivity contribution is 0.415. The first-order chi connectivity index (χ1) is 14.7. The third-order valence-electron chi connectivity index (χ3n) is 5.52. The van der Waals surface area contributed by atoms with Crippen molar-refractivity contribution in [2.24, 2.45) is 10.1 Å². The molecule has 0 unspecified atom stereocenters. The van der Waals surface area contributed by atoms with Gasteiger partial charge in [-0.05, 0) is 70.1 Å².